The van der Waals surface area contributed by atoms with Crippen LogP contribution in [0.3, 0.4) is 0 Å². The lowest BCUT2D eigenvalue weighted by atomic mass is 10.3. The molecule has 0 atom stereocenters. The van der Waals surface area contributed by atoms with Crippen LogP contribution in [0, 0.1) is 0 Å². The van der Waals surface area contributed by atoms with Gasteiger partial charge in [-0.1, -0.05) is 13.8 Å². The standard InChI is InChI=1S/C9H21N3/c1-4-12(5-2)8-6-7-11-9(3)10/h4-8H2,1-3H3,(H2,10,11). The third-order valence-corrected chi connectivity index (χ3v) is 1.89. The molecule has 0 rings (SSSR count). The summed E-state index contributed by atoms with van der Waals surface area (Å²) < 4.78 is 0. The number of amidine groups is 1. The Bertz CT molecular complexity index is 124. The molecule has 0 unspecified atom stereocenters. The molecule has 0 saturated carbocycles. The van der Waals surface area contributed by atoms with E-state index in [1.165, 1.54) is 0 Å². The summed E-state index contributed by atoms with van der Waals surface area (Å²) >= 11 is 0. The Balaban J connectivity index is 3.35. The first-order valence-corrected chi connectivity index (χ1v) is 4.69. The fourth-order valence-corrected chi connectivity index (χ4v) is 1.09. The van der Waals surface area contributed by atoms with Crippen LogP contribution in [0.5, 0.6) is 0 Å². The summed E-state index contributed by atoms with van der Waals surface area (Å²) in [5, 5.41) is 0. The first kappa shape index (κ1) is 11.4. The Labute approximate surface area is 75.7 Å². The van der Waals surface area contributed by atoms with Crippen LogP contribution in [0.15, 0.2) is 4.99 Å². The molecule has 3 nitrogen and oxygen atoms in total. The minimum Gasteiger partial charge on any atom is -0.388 e. The molecular formula is C9H21N3. The summed E-state index contributed by atoms with van der Waals surface area (Å²) in [6, 6.07) is 0. The summed E-state index contributed by atoms with van der Waals surface area (Å²) in [7, 11) is 0. The third-order valence-electron chi connectivity index (χ3n) is 1.89. The van der Waals surface area contributed by atoms with Gasteiger partial charge in [0.25, 0.3) is 0 Å². The predicted octanol–water partition coefficient (Wildman–Crippen LogP) is 1.10. The smallest absolute Gasteiger partial charge is 0.0905 e. The first-order chi connectivity index (χ1) is 5.70. The summed E-state index contributed by atoms with van der Waals surface area (Å²) in [5.74, 6) is 0.689. The van der Waals surface area contributed by atoms with Gasteiger partial charge >= 0.3 is 0 Å². The summed E-state index contributed by atoms with van der Waals surface area (Å²) in [6.07, 6.45) is 1.11. The van der Waals surface area contributed by atoms with E-state index in [1.807, 2.05) is 6.92 Å². The van der Waals surface area contributed by atoms with Gasteiger partial charge < -0.3 is 10.6 Å². The number of nitrogens with two attached hydrogens (primary N) is 1. The lowest BCUT2D eigenvalue weighted by Gasteiger charge is -2.16. The van der Waals surface area contributed by atoms with Crippen LogP contribution in [0.2, 0.25) is 0 Å². The molecule has 72 valence electrons. The maximum Gasteiger partial charge on any atom is 0.0905 e. The van der Waals surface area contributed by atoms with Crippen LogP contribution in [-0.4, -0.2) is 36.9 Å². The molecule has 0 radical (unpaired) electrons. The molecule has 2 N–H and O–H groups in total. The van der Waals surface area contributed by atoms with Crippen molar-refractivity contribution in [1.29, 1.82) is 0 Å². The molecule has 0 aromatic rings. The molecule has 0 aromatic carbocycles. The minimum atomic E-state index is 0.689. The van der Waals surface area contributed by atoms with Crippen LogP contribution in [0.25, 0.3) is 0 Å². The van der Waals surface area contributed by atoms with E-state index in [-0.39, 0.29) is 0 Å². The quantitative estimate of drug-likeness (QED) is 0.369. The van der Waals surface area contributed by atoms with Crippen LogP contribution in [-0.2, 0) is 0 Å². The van der Waals surface area contributed by atoms with Gasteiger partial charge in [0.1, 0.15) is 0 Å². The van der Waals surface area contributed by atoms with E-state index in [1.54, 1.807) is 0 Å². The van der Waals surface area contributed by atoms with E-state index in [0.717, 1.165) is 32.6 Å². The maximum atomic E-state index is 5.41. The second-order valence-corrected chi connectivity index (χ2v) is 2.90. The van der Waals surface area contributed by atoms with Gasteiger partial charge in [0.05, 0.1) is 5.84 Å². The van der Waals surface area contributed by atoms with E-state index in [4.69, 9.17) is 5.73 Å². The molecule has 0 bridgehead atoms. The fourth-order valence-electron chi connectivity index (χ4n) is 1.09. The van der Waals surface area contributed by atoms with E-state index in [2.05, 4.69) is 23.7 Å². The lowest BCUT2D eigenvalue weighted by Crippen LogP contribution is -2.24. The summed E-state index contributed by atoms with van der Waals surface area (Å²) in [5.41, 5.74) is 5.41. The van der Waals surface area contributed by atoms with Gasteiger partial charge in [-0.2, -0.15) is 0 Å². The summed E-state index contributed by atoms with van der Waals surface area (Å²) in [4.78, 5) is 6.52. The van der Waals surface area contributed by atoms with Gasteiger partial charge in [0.15, 0.2) is 0 Å². The maximum absolute atomic E-state index is 5.41. The normalized spacial score (nSPS) is 12.5. The van der Waals surface area contributed by atoms with Gasteiger partial charge in [-0.25, -0.2) is 0 Å². The average Bonchev–Trinajstić information content (AvgIpc) is 2.04. The number of rotatable bonds is 6. The Kier molecular flexibility index (Phi) is 6.76. The highest BCUT2D eigenvalue weighted by Crippen LogP contribution is 1.90. The molecule has 0 saturated heterocycles. The second-order valence-electron chi connectivity index (χ2n) is 2.90. The second kappa shape index (κ2) is 7.10. The highest BCUT2D eigenvalue weighted by molar-refractivity contribution is 5.77. The van der Waals surface area contributed by atoms with E-state index in [0.29, 0.717) is 5.84 Å². The van der Waals surface area contributed by atoms with E-state index in [9.17, 15) is 0 Å². The zero-order valence-corrected chi connectivity index (χ0v) is 8.51. The van der Waals surface area contributed by atoms with Gasteiger partial charge in [-0.15, -0.1) is 0 Å². The molecule has 0 aliphatic carbocycles. The fraction of sp³-hybridized carbons (Fsp3) is 0.889. The van der Waals surface area contributed by atoms with Gasteiger partial charge in [0, 0.05) is 6.54 Å². The van der Waals surface area contributed by atoms with Gasteiger partial charge in [0.2, 0.25) is 0 Å². The van der Waals surface area contributed by atoms with Crippen LogP contribution >= 0.6 is 0 Å². The Morgan fingerprint density at radius 2 is 1.92 bits per heavy atom. The van der Waals surface area contributed by atoms with Crippen molar-refractivity contribution in [3.8, 4) is 0 Å². The number of hydrogen-bond donors (Lipinski definition) is 1. The minimum absolute atomic E-state index is 0.689. The zero-order chi connectivity index (χ0) is 9.40. The molecule has 0 fully saturated rings. The van der Waals surface area contributed by atoms with Gasteiger partial charge in [-0.3, -0.25) is 4.99 Å². The monoisotopic (exact) mass is 171 g/mol. The molecule has 0 spiro atoms. The van der Waals surface area contributed by atoms with Crippen molar-refractivity contribution < 1.29 is 0 Å². The molecule has 0 heterocycles. The Morgan fingerprint density at radius 1 is 1.33 bits per heavy atom. The molecule has 3 heteroatoms. The largest absolute Gasteiger partial charge is 0.388 e. The van der Waals surface area contributed by atoms with Crippen LogP contribution in [0.1, 0.15) is 27.2 Å². The molecule has 0 amide bonds. The highest BCUT2D eigenvalue weighted by Gasteiger charge is 1.96. The van der Waals surface area contributed by atoms with Crippen molar-refractivity contribution >= 4 is 5.84 Å². The summed E-state index contributed by atoms with van der Waals surface area (Å²) in [6.45, 7) is 10.4. The first-order valence-electron chi connectivity index (χ1n) is 4.69. The van der Waals surface area contributed by atoms with E-state index >= 15 is 0 Å². The molecular weight excluding hydrogens is 150 g/mol. The van der Waals surface area contributed by atoms with Crippen molar-refractivity contribution in [1.82, 2.24) is 4.90 Å². The van der Waals surface area contributed by atoms with Crippen molar-refractivity contribution in [3.05, 3.63) is 0 Å². The third kappa shape index (κ3) is 6.16. The average molecular weight is 171 g/mol. The van der Waals surface area contributed by atoms with E-state index < -0.39 is 0 Å². The van der Waals surface area contributed by atoms with Crippen molar-refractivity contribution in [2.24, 2.45) is 10.7 Å². The number of hydrogen-bond acceptors (Lipinski definition) is 2. The van der Waals surface area contributed by atoms with Crippen LogP contribution in [0.4, 0.5) is 0 Å². The lowest BCUT2D eigenvalue weighted by molar-refractivity contribution is 0.302. The van der Waals surface area contributed by atoms with Gasteiger partial charge in [-0.05, 0) is 33.0 Å². The molecule has 0 aliphatic rings. The molecule has 0 aromatic heterocycles. The Hall–Kier alpha value is -0.570. The number of aliphatic imine (C=N–C) groups is 1. The predicted molar refractivity (Wildman–Crippen MR) is 54.6 cm³/mol. The SMILES string of the molecule is CCN(CC)CCCN=C(C)N. The highest BCUT2D eigenvalue weighted by atomic mass is 15.1. The number of nitrogens with zero attached hydrogens (tertiary/aromatic N) is 2. The molecule has 12 heavy (non-hydrogen) atoms. The van der Waals surface area contributed by atoms with Crippen LogP contribution < -0.4 is 5.73 Å². The van der Waals surface area contributed by atoms with Crippen molar-refractivity contribution in [3.63, 3.8) is 0 Å². The van der Waals surface area contributed by atoms with Crippen molar-refractivity contribution in [2.75, 3.05) is 26.2 Å². The zero-order valence-electron chi connectivity index (χ0n) is 8.51. The van der Waals surface area contributed by atoms with Crippen molar-refractivity contribution in [2.45, 2.75) is 27.2 Å². The Morgan fingerprint density at radius 3 is 2.33 bits per heavy atom. The topological polar surface area (TPSA) is 41.6 Å². The molecule has 0 aliphatic heterocycles.